The number of benzene rings is 2. The van der Waals surface area contributed by atoms with Crippen LogP contribution in [0.1, 0.15) is 23.9 Å². The van der Waals surface area contributed by atoms with Gasteiger partial charge in [-0.15, -0.1) is 11.3 Å². The maximum atomic E-state index is 13.4. The molecule has 2 saturated heterocycles. The van der Waals surface area contributed by atoms with Gasteiger partial charge in [-0.05, 0) is 49.2 Å². The van der Waals surface area contributed by atoms with Crippen molar-refractivity contribution in [1.29, 1.82) is 0 Å². The van der Waals surface area contributed by atoms with Gasteiger partial charge in [0.15, 0.2) is 0 Å². The molecule has 32 heavy (non-hydrogen) atoms. The Hall–Kier alpha value is -1.89. The first-order valence-electron chi connectivity index (χ1n) is 10.4. The minimum absolute atomic E-state index is 0.0856. The van der Waals surface area contributed by atoms with Crippen molar-refractivity contribution in [3.8, 4) is 0 Å². The van der Waals surface area contributed by atoms with E-state index in [0.29, 0.717) is 39.3 Å². The van der Waals surface area contributed by atoms with Gasteiger partial charge in [0.05, 0.1) is 39.3 Å². The lowest BCUT2D eigenvalue weighted by Crippen LogP contribution is -2.40. The van der Waals surface area contributed by atoms with E-state index in [-0.39, 0.29) is 15.8 Å². The summed E-state index contributed by atoms with van der Waals surface area (Å²) in [5.41, 5.74) is 0.870. The van der Waals surface area contributed by atoms with E-state index in [9.17, 15) is 16.8 Å². The summed E-state index contributed by atoms with van der Waals surface area (Å²) in [6.45, 7) is 1.71. The largest absolute Gasteiger partial charge is 0.379 e. The number of nitrogens with zero attached hydrogens (tertiary/aromatic N) is 3. The predicted molar refractivity (Wildman–Crippen MR) is 122 cm³/mol. The molecule has 5 rings (SSSR count). The van der Waals surface area contributed by atoms with E-state index in [1.54, 1.807) is 0 Å². The minimum atomic E-state index is -3.79. The zero-order valence-electron chi connectivity index (χ0n) is 17.3. The van der Waals surface area contributed by atoms with Gasteiger partial charge >= 0.3 is 0 Å². The van der Waals surface area contributed by atoms with Crippen molar-refractivity contribution < 1.29 is 21.6 Å². The van der Waals surface area contributed by atoms with E-state index >= 15 is 0 Å². The molecule has 0 N–H and O–H groups in total. The van der Waals surface area contributed by atoms with Crippen LogP contribution in [0.3, 0.4) is 0 Å². The number of thiazole rings is 1. The van der Waals surface area contributed by atoms with Gasteiger partial charge in [0.2, 0.25) is 20.0 Å². The molecule has 2 aromatic carbocycles. The van der Waals surface area contributed by atoms with E-state index in [1.807, 2.05) is 24.3 Å². The molecule has 0 amide bonds. The lowest BCUT2D eigenvalue weighted by molar-refractivity contribution is 0.0730. The van der Waals surface area contributed by atoms with Crippen LogP contribution in [0.15, 0.2) is 58.3 Å². The Morgan fingerprint density at radius 2 is 1.53 bits per heavy atom. The summed E-state index contributed by atoms with van der Waals surface area (Å²) in [5, 5.41) is 0.791. The van der Waals surface area contributed by atoms with Crippen LogP contribution in [0.5, 0.6) is 0 Å². The summed E-state index contributed by atoms with van der Waals surface area (Å²) < 4.78 is 61.6. The molecule has 3 aromatic rings. The molecule has 3 heterocycles. The number of sulfonamides is 2. The topological polar surface area (TPSA) is 96.9 Å². The average Bonchev–Trinajstić information content (AvgIpc) is 3.47. The highest BCUT2D eigenvalue weighted by Gasteiger charge is 2.38. The van der Waals surface area contributed by atoms with Crippen molar-refractivity contribution in [2.45, 2.75) is 28.7 Å². The Balaban J connectivity index is 1.42. The Kier molecular flexibility index (Phi) is 5.81. The van der Waals surface area contributed by atoms with E-state index < -0.39 is 20.0 Å². The Labute approximate surface area is 191 Å². The van der Waals surface area contributed by atoms with Gasteiger partial charge in [-0.1, -0.05) is 12.1 Å². The second-order valence-electron chi connectivity index (χ2n) is 7.78. The molecule has 0 bridgehead atoms. The summed E-state index contributed by atoms with van der Waals surface area (Å²) in [7, 11) is -7.46. The molecule has 2 aliphatic heterocycles. The molecule has 0 saturated carbocycles. The monoisotopic (exact) mass is 493 g/mol. The third-order valence-corrected chi connectivity index (χ3v) is 10.8. The molecule has 11 heteroatoms. The van der Waals surface area contributed by atoms with E-state index in [2.05, 4.69) is 4.98 Å². The van der Waals surface area contributed by atoms with Gasteiger partial charge in [-0.2, -0.15) is 8.61 Å². The number of fused-ring (bicyclic) bond motifs is 1. The van der Waals surface area contributed by atoms with Crippen molar-refractivity contribution in [1.82, 2.24) is 13.6 Å². The molecule has 0 aliphatic carbocycles. The van der Waals surface area contributed by atoms with Crippen molar-refractivity contribution in [2.24, 2.45) is 0 Å². The molecule has 0 radical (unpaired) electrons. The molecule has 1 aromatic heterocycles. The maximum Gasteiger partial charge on any atom is 0.243 e. The van der Waals surface area contributed by atoms with E-state index in [0.717, 1.165) is 21.6 Å². The smallest absolute Gasteiger partial charge is 0.243 e. The standard InChI is InChI=1S/C21H23N3O5S3/c25-31(26,23-12-14-29-15-13-23)16-7-9-17(10-8-16)32(27,28)24-11-3-5-19(24)21-22-18-4-1-2-6-20(18)30-21/h1-2,4,6-10,19H,3,5,11-15H2. The second kappa shape index (κ2) is 8.47. The average molecular weight is 494 g/mol. The van der Waals surface area contributed by atoms with Gasteiger partial charge in [0.25, 0.3) is 0 Å². The van der Waals surface area contributed by atoms with Gasteiger partial charge in [-0.3, -0.25) is 0 Å². The summed E-state index contributed by atoms with van der Waals surface area (Å²) in [5.74, 6) is 0. The highest BCUT2D eigenvalue weighted by Crippen LogP contribution is 2.39. The third-order valence-electron chi connectivity index (χ3n) is 5.84. The van der Waals surface area contributed by atoms with Crippen molar-refractivity contribution in [3.63, 3.8) is 0 Å². The number of ether oxygens (including phenoxy) is 1. The van der Waals surface area contributed by atoms with Gasteiger partial charge in [0, 0.05) is 19.6 Å². The molecule has 1 unspecified atom stereocenters. The molecule has 0 spiro atoms. The summed E-state index contributed by atoms with van der Waals surface area (Å²) in [6, 6.07) is 13.0. The Morgan fingerprint density at radius 3 is 2.22 bits per heavy atom. The first-order chi connectivity index (χ1) is 15.4. The lowest BCUT2D eigenvalue weighted by atomic mass is 10.2. The maximum absolute atomic E-state index is 13.4. The summed E-state index contributed by atoms with van der Waals surface area (Å²) >= 11 is 1.52. The fourth-order valence-corrected chi connectivity index (χ4v) is 8.41. The molecule has 170 valence electrons. The van der Waals surface area contributed by atoms with Crippen molar-refractivity contribution in [2.75, 3.05) is 32.8 Å². The predicted octanol–water partition coefficient (Wildman–Crippen LogP) is 2.84. The highest BCUT2D eigenvalue weighted by atomic mass is 32.2. The number of hydrogen-bond acceptors (Lipinski definition) is 7. The fraction of sp³-hybridized carbons (Fsp3) is 0.381. The Morgan fingerprint density at radius 1 is 0.875 bits per heavy atom. The molecular formula is C21H23N3O5S3. The lowest BCUT2D eigenvalue weighted by Gasteiger charge is -2.26. The minimum Gasteiger partial charge on any atom is -0.379 e. The van der Waals surface area contributed by atoms with Crippen molar-refractivity contribution >= 4 is 41.6 Å². The number of hydrogen-bond donors (Lipinski definition) is 0. The molecule has 2 fully saturated rings. The van der Waals surface area contributed by atoms with Gasteiger partial charge in [-0.25, -0.2) is 21.8 Å². The van der Waals surface area contributed by atoms with E-state index in [1.165, 1.54) is 44.2 Å². The van der Waals surface area contributed by atoms with Gasteiger partial charge in [0.1, 0.15) is 5.01 Å². The zero-order valence-corrected chi connectivity index (χ0v) is 19.7. The zero-order chi connectivity index (χ0) is 22.3. The SMILES string of the molecule is O=S(=O)(c1ccc(S(=O)(=O)N2CCCC2c2nc3ccccc3s2)cc1)N1CCOCC1. The fourth-order valence-electron chi connectivity index (χ4n) is 4.16. The van der Waals surface area contributed by atoms with Crippen LogP contribution in [0.2, 0.25) is 0 Å². The number of morpholine rings is 1. The van der Waals surface area contributed by atoms with Crippen LogP contribution < -0.4 is 0 Å². The number of rotatable bonds is 5. The molecule has 1 atom stereocenters. The van der Waals surface area contributed by atoms with Crippen LogP contribution >= 0.6 is 11.3 Å². The van der Waals surface area contributed by atoms with E-state index in [4.69, 9.17) is 4.74 Å². The Bertz CT molecular complexity index is 1300. The number of aromatic nitrogens is 1. The molecule has 2 aliphatic rings. The van der Waals surface area contributed by atoms with Crippen LogP contribution in [0.25, 0.3) is 10.2 Å². The third kappa shape index (κ3) is 3.87. The number of para-hydroxylation sites is 1. The molecular weight excluding hydrogens is 470 g/mol. The quantitative estimate of drug-likeness (QED) is 0.542. The molecule has 8 nitrogen and oxygen atoms in total. The summed E-state index contributed by atoms with van der Waals surface area (Å²) in [4.78, 5) is 4.84. The van der Waals surface area contributed by atoms with Crippen LogP contribution in [0.4, 0.5) is 0 Å². The normalized spacial score (nSPS) is 21.3. The first-order valence-corrected chi connectivity index (χ1v) is 14.1. The summed E-state index contributed by atoms with van der Waals surface area (Å²) in [6.07, 6.45) is 1.46. The first kappa shape index (κ1) is 21.9. The van der Waals surface area contributed by atoms with Crippen LogP contribution in [0, 0.1) is 0 Å². The van der Waals surface area contributed by atoms with Crippen LogP contribution in [-0.2, 0) is 24.8 Å². The van der Waals surface area contributed by atoms with Gasteiger partial charge < -0.3 is 4.74 Å². The second-order valence-corrected chi connectivity index (χ2v) is 12.7. The van der Waals surface area contributed by atoms with Crippen LogP contribution in [-0.4, -0.2) is 63.3 Å². The van der Waals surface area contributed by atoms with Crippen molar-refractivity contribution in [3.05, 3.63) is 53.5 Å². The highest BCUT2D eigenvalue weighted by molar-refractivity contribution is 7.89.